The van der Waals surface area contributed by atoms with Gasteiger partial charge < -0.3 is 5.73 Å². The number of carbonyl (C=O) groups is 1. The van der Waals surface area contributed by atoms with Crippen LogP contribution in [0, 0.1) is 5.82 Å². The first-order chi connectivity index (χ1) is 15.3. The molecule has 32 heavy (non-hydrogen) atoms. The van der Waals surface area contributed by atoms with Crippen LogP contribution in [0.4, 0.5) is 4.39 Å². The molecule has 0 unspecified atom stereocenters. The topological polar surface area (TPSA) is 49.6 Å². The SMILES string of the molecule is CCC.NC(=O)c1cc(C2CC2)c(CN2CCN(Sc3cc(Cl)cc(Cl)c3)CC2)cc1F. The Morgan fingerprint density at radius 2 is 1.66 bits per heavy atom. The van der Waals surface area contributed by atoms with Gasteiger partial charge in [0.25, 0.3) is 5.91 Å². The van der Waals surface area contributed by atoms with Crippen molar-refractivity contribution in [2.75, 3.05) is 26.2 Å². The summed E-state index contributed by atoms with van der Waals surface area (Å²) in [5.41, 5.74) is 7.36. The van der Waals surface area contributed by atoms with Gasteiger partial charge in [-0.2, -0.15) is 0 Å². The van der Waals surface area contributed by atoms with Crippen LogP contribution in [0.1, 0.15) is 60.5 Å². The van der Waals surface area contributed by atoms with E-state index in [4.69, 9.17) is 28.9 Å². The fraction of sp³-hybridized carbons (Fsp3) is 0.458. The minimum atomic E-state index is -0.706. The Morgan fingerprint density at radius 1 is 1.06 bits per heavy atom. The molecule has 2 fully saturated rings. The van der Waals surface area contributed by atoms with Crippen molar-refractivity contribution in [1.82, 2.24) is 9.21 Å². The number of nitrogens with zero attached hydrogens (tertiary/aromatic N) is 2. The molecule has 0 atom stereocenters. The van der Waals surface area contributed by atoms with Gasteiger partial charge in [-0.1, -0.05) is 43.5 Å². The van der Waals surface area contributed by atoms with E-state index in [-0.39, 0.29) is 5.56 Å². The monoisotopic (exact) mass is 497 g/mol. The number of amides is 1. The maximum atomic E-state index is 14.3. The van der Waals surface area contributed by atoms with Crippen LogP contribution >= 0.6 is 35.1 Å². The van der Waals surface area contributed by atoms with Crippen LogP contribution in [-0.2, 0) is 6.54 Å². The lowest BCUT2D eigenvalue weighted by Gasteiger charge is -2.34. The number of hydrogen-bond acceptors (Lipinski definition) is 4. The molecule has 1 saturated heterocycles. The Balaban J connectivity index is 0.000000913. The number of primary amides is 1. The van der Waals surface area contributed by atoms with Crippen LogP contribution in [0.15, 0.2) is 35.2 Å². The number of carbonyl (C=O) groups excluding carboxylic acids is 1. The number of nitrogens with two attached hydrogens (primary N) is 1. The zero-order valence-electron chi connectivity index (χ0n) is 18.5. The number of halogens is 3. The minimum Gasteiger partial charge on any atom is -0.366 e. The molecule has 1 aliphatic heterocycles. The van der Waals surface area contributed by atoms with Crippen molar-refractivity contribution in [2.24, 2.45) is 5.73 Å². The van der Waals surface area contributed by atoms with E-state index in [1.807, 2.05) is 12.1 Å². The lowest BCUT2D eigenvalue weighted by Crippen LogP contribution is -2.43. The summed E-state index contributed by atoms with van der Waals surface area (Å²) < 4.78 is 16.6. The molecule has 0 spiro atoms. The van der Waals surface area contributed by atoms with Crippen LogP contribution in [0.25, 0.3) is 0 Å². The van der Waals surface area contributed by atoms with E-state index in [9.17, 15) is 9.18 Å². The van der Waals surface area contributed by atoms with Gasteiger partial charge in [-0.3, -0.25) is 9.69 Å². The van der Waals surface area contributed by atoms with E-state index in [0.717, 1.165) is 55.0 Å². The number of hydrogen-bond donors (Lipinski definition) is 1. The molecule has 1 aliphatic carbocycles. The van der Waals surface area contributed by atoms with Crippen molar-refractivity contribution in [3.8, 4) is 0 Å². The smallest absolute Gasteiger partial charge is 0.251 e. The third-order valence-electron chi connectivity index (χ3n) is 5.31. The van der Waals surface area contributed by atoms with Crippen molar-refractivity contribution in [1.29, 1.82) is 0 Å². The molecule has 0 aromatic heterocycles. The molecule has 1 amide bonds. The van der Waals surface area contributed by atoms with Gasteiger partial charge >= 0.3 is 0 Å². The highest BCUT2D eigenvalue weighted by Gasteiger charge is 2.29. The second-order valence-electron chi connectivity index (χ2n) is 8.28. The third kappa shape index (κ3) is 7.09. The Bertz CT molecular complexity index is 927. The standard InChI is InChI=1S/C21H22Cl2FN3OS.C3H8/c22-15-8-16(23)10-17(9-15)29-27-5-3-26(4-6-27)12-14-7-20(24)19(21(25)28)11-18(14)13-1-2-13;1-3-2/h7-11,13H,1-6,12H2,(H2,25,28);3H2,1-2H3. The van der Waals surface area contributed by atoms with Gasteiger partial charge in [0, 0.05) is 47.7 Å². The molecular formula is C24H30Cl2FN3OS. The maximum Gasteiger partial charge on any atom is 0.251 e. The van der Waals surface area contributed by atoms with Crippen LogP contribution < -0.4 is 5.73 Å². The zero-order valence-corrected chi connectivity index (χ0v) is 20.9. The molecule has 4 rings (SSSR count). The highest BCUT2D eigenvalue weighted by atomic mass is 35.5. The summed E-state index contributed by atoms with van der Waals surface area (Å²) >= 11 is 13.8. The van der Waals surface area contributed by atoms with Crippen molar-refractivity contribution < 1.29 is 9.18 Å². The summed E-state index contributed by atoms with van der Waals surface area (Å²) in [6.45, 7) is 8.46. The highest BCUT2D eigenvalue weighted by Crippen LogP contribution is 2.42. The molecule has 4 nitrogen and oxygen atoms in total. The van der Waals surface area contributed by atoms with E-state index in [0.29, 0.717) is 22.5 Å². The molecule has 2 aliphatic rings. The average molecular weight is 498 g/mol. The predicted octanol–water partition coefficient (Wildman–Crippen LogP) is 6.35. The first-order valence-electron chi connectivity index (χ1n) is 11.0. The molecule has 0 radical (unpaired) electrons. The van der Waals surface area contributed by atoms with Gasteiger partial charge in [-0.25, -0.2) is 8.70 Å². The molecule has 8 heteroatoms. The Hall–Kier alpha value is -1.31. The van der Waals surface area contributed by atoms with Gasteiger partial charge in [-0.05, 0) is 72.2 Å². The van der Waals surface area contributed by atoms with Crippen LogP contribution in [0.5, 0.6) is 0 Å². The summed E-state index contributed by atoms with van der Waals surface area (Å²) in [6.07, 6.45) is 3.42. The van der Waals surface area contributed by atoms with E-state index >= 15 is 0 Å². The quantitative estimate of drug-likeness (QED) is 0.472. The van der Waals surface area contributed by atoms with Gasteiger partial charge in [0.05, 0.1) is 5.56 Å². The Kier molecular flexibility index (Phi) is 9.26. The van der Waals surface area contributed by atoms with Gasteiger partial charge in [0.2, 0.25) is 0 Å². The first kappa shape index (κ1) is 25.3. The maximum absolute atomic E-state index is 14.3. The summed E-state index contributed by atoms with van der Waals surface area (Å²) in [4.78, 5) is 14.8. The molecule has 2 aromatic carbocycles. The summed E-state index contributed by atoms with van der Waals surface area (Å²) in [7, 11) is 0. The molecule has 2 aromatic rings. The lowest BCUT2D eigenvalue weighted by molar-refractivity contribution is 0.0996. The predicted molar refractivity (Wildman–Crippen MR) is 132 cm³/mol. The molecule has 0 bridgehead atoms. The number of rotatable bonds is 6. The normalized spacial score (nSPS) is 17.0. The number of piperazine rings is 1. The zero-order chi connectivity index (χ0) is 23.3. The number of benzene rings is 2. The van der Waals surface area contributed by atoms with Gasteiger partial charge in [0.1, 0.15) is 5.82 Å². The molecular weight excluding hydrogens is 468 g/mol. The van der Waals surface area contributed by atoms with Crippen molar-refractivity contribution in [3.05, 3.63) is 62.9 Å². The van der Waals surface area contributed by atoms with Crippen molar-refractivity contribution in [2.45, 2.75) is 50.5 Å². The summed E-state index contributed by atoms with van der Waals surface area (Å²) in [6, 6.07) is 8.72. The summed E-state index contributed by atoms with van der Waals surface area (Å²) in [5.74, 6) is -0.806. The average Bonchev–Trinajstić information content (AvgIpc) is 3.54. The largest absolute Gasteiger partial charge is 0.366 e. The first-order valence-corrected chi connectivity index (χ1v) is 12.6. The van der Waals surface area contributed by atoms with E-state index < -0.39 is 11.7 Å². The van der Waals surface area contributed by atoms with E-state index in [2.05, 4.69) is 23.1 Å². The molecule has 174 valence electrons. The lowest BCUT2D eigenvalue weighted by atomic mass is 9.98. The van der Waals surface area contributed by atoms with Gasteiger partial charge in [-0.15, -0.1) is 0 Å². The Morgan fingerprint density at radius 3 is 2.19 bits per heavy atom. The van der Waals surface area contributed by atoms with Crippen LogP contribution in [0.3, 0.4) is 0 Å². The Labute approximate surface area is 204 Å². The second kappa shape index (κ2) is 11.7. The molecule has 1 heterocycles. The van der Waals surface area contributed by atoms with E-state index in [1.54, 1.807) is 24.1 Å². The minimum absolute atomic E-state index is 0.00273. The fourth-order valence-corrected chi connectivity index (χ4v) is 5.34. The van der Waals surface area contributed by atoms with Gasteiger partial charge in [0.15, 0.2) is 0 Å². The fourth-order valence-electron chi connectivity index (χ4n) is 3.68. The van der Waals surface area contributed by atoms with Crippen LogP contribution in [-0.4, -0.2) is 41.3 Å². The van der Waals surface area contributed by atoms with E-state index in [1.165, 1.54) is 12.5 Å². The molecule has 2 N–H and O–H groups in total. The molecule has 1 saturated carbocycles. The van der Waals surface area contributed by atoms with Crippen molar-refractivity contribution in [3.63, 3.8) is 0 Å². The van der Waals surface area contributed by atoms with Crippen molar-refractivity contribution >= 4 is 41.1 Å². The second-order valence-corrected chi connectivity index (χ2v) is 10.3. The van der Waals surface area contributed by atoms with Crippen LogP contribution in [0.2, 0.25) is 10.0 Å². The third-order valence-corrected chi connectivity index (χ3v) is 6.81. The summed E-state index contributed by atoms with van der Waals surface area (Å²) in [5, 5.41) is 1.26. The highest BCUT2D eigenvalue weighted by molar-refractivity contribution is 7.97.